The Labute approximate surface area is 149 Å². The van der Waals surface area contributed by atoms with Gasteiger partial charge in [0.1, 0.15) is 0 Å². The van der Waals surface area contributed by atoms with Gasteiger partial charge in [0.25, 0.3) is 0 Å². The summed E-state index contributed by atoms with van der Waals surface area (Å²) in [6, 6.07) is 0. The summed E-state index contributed by atoms with van der Waals surface area (Å²) in [7, 11) is -0.383. The molecule has 0 aliphatic carbocycles. The lowest BCUT2D eigenvalue weighted by Gasteiger charge is -2.39. The Morgan fingerprint density at radius 1 is 0.478 bits per heavy atom. The first-order chi connectivity index (χ1) is 9.97. The van der Waals surface area contributed by atoms with Gasteiger partial charge in [-0.1, -0.05) is 98.9 Å². The molecule has 0 rings (SSSR count). The molecule has 0 fully saturated rings. The van der Waals surface area contributed by atoms with Gasteiger partial charge < -0.3 is 5.32 Å². The number of hydrogen-bond donors (Lipinski definition) is 1. The third kappa shape index (κ3) is 8.69. The predicted molar refractivity (Wildman–Crippen MR) is 114 cm³/mol. The van der Waals surface area contributed by atoms with Crippen molar-refractivity contribution in [2.24, 2.45) is 0 Å². The van der Waals surface area contributed by atoms with Gasteiger partial charge in [0, 0.05) is 12.4 Å². The molecular weight excluding hydrogens is 316 g/mol. The molecule has 0 unspecified atom stereocenters. The van der Waals surface area contributed by atoms with Crippen LogP contribution in [0.15, 0.2) is 24.0 Å². The van der Waals surface area contributed by atoms with Crippen LogP contribution < -0.4 is 5.32 Å². The Morgan fingerprint density at radius 3 is 0.870 bits per heavy atom. The quantitative estimate of drug-likeness (QED) is 0.509. The number of nitrogens with one attached hydrogen (secondary N) is 1. The van der Waals surface area contributed by atoms with Crippen LogP contribution in [0.1, 0.15) is 83.1 Å². The molecule has 0 saturated heterocycles. The Morgan fingerprint density at radius 2 is 0.696 bits per heavy atom. The van der Waals surface area contributed by atoms with Crippen LogP contribution in [0.3, 0.4) is 0 Å². The van der Waals surface area contributed by atoms with E-state index in [-0.39, 0.29) is 15.8 Å². The lowest BCUT2D eigenvalue weighted by Crippen LogP contribution is -2.24. The van der Waals surface area contributed by atoms with Gasteiger partial charge in [0.15, 0.2) is 0 Å². The van der Waals surface area contributed by atoms with E-state index in [1.54, 1.807) is 0 Å². The van der Waals surface area contributed by atoms with Gasteiger partial charge in [-0.25, -0.2) is 0 Å². The maximum atomic E-state index is 3.41. The molecule has 0 aromatic carbocycles. The molecule has 0 aliphatic rings. The van der Waals surface area contributed by atoms with E-state index in [2.05, 4.69) is 112 Å². The van der Waals surface area contributed by atoms with Gasteiger partial charge in [-0.15, -0.1) is 0 Å². The highest BCUT2D eigenvalue weighted by atomic mass is 31.1. The van der Waals surface area contributed by atoms with E-state index in [0.717, 1.165) is 0 Å². The fourth-order valence-electron chi connectivity index (χ4n) is 3.20. The SMILES string of the molecule is CC(C)(C)P(/C=C/N/C=C/P(C(C)(C)C)C(C)(C)C)C(C)(C)C. The lowest BCUT2D eigenvalue weighted by atomic mass is 10.2. The van der Waals surface area contributed by atoms with Crippen LogP contribution >= 0.6 is 15.8 Å². The molecule has 0 aromatic rings. The first kappa shape index (κ1) is 23.1. The third-order valence-electron chi connectivity index (χ3n) is 3.53. The summed E-state index contributed by atoms with van der Waals surface area (Å²) in [5, 5.41) is 4.74. The molecule has 136 valence electrons. The van der Waals surface area contributed by atoms with Crippen molar-refractivity contribution in [3.8, 4) is 0 Å². The van der Waals surface area contributed by atoms with Crippen molar-refractivity contribution in [2.75, 3.05) is 0 Å². The summed E-state index contributed by atoms with van der Waals surface area (Å²) < 4.78 is 0. The molecule has 0 aromatic heterocycles. The fraction of sp³-hybridized carbons (Fsp3) is 0.800. The minimum atomic E-state index is -0.191. The summed E-state index contributed by atoms with van der Waals surface area (Å²) in [6.45, 7) is 28.2. The maximum absolute atomic E-state index is 3.41. The zero-order valence-electron chi connectivity index (χ0n) is 17.7. The molecule has 0 radical (unpaired) electrons. The lowest BCUT2D eigenvalue weighted by molar-refractivity contribution is 0.713. The first-order valence-electron chi connectivity index (χ1n) is 8.65. The minimum Gasteiger partial charge on any atom is -0.368 e. The summed E-state index contributed by atoms with van der Waals surface area (Å²) >= 11 is 0. The monoisotopic (exact) mass is 357 g/mol. The van der Waals surface area contributed by atoms with Crippen molar-refractivity contribution in [1.82, 2.24) is 5.32 Å². The van der Waals surface area contributed by atoms with E-state index in [4.69, 9.17) is 0 Å². The van der Waals surface area contributed by atoms with Gasteiger partial charge in [0.05, 0.1) is 0 Å². The van der Waals surface area contributed by atoms with Crippen LogP contribution in [-0.4, -0.2) is 20.6 Å². The zero-order valence-corrected chi connectivity index (χ0v) is 19.5. The first-order valence-corrected chi connectivity index (χ1v) is 11.5. The van der Waals surface area contributed by atoms with Gasteiger partial charge in [-0.05, 0) is 32.3 Å². The molecule has 0 amide bonds. The van der Waals surface area contributed by atoms with Crippen molar-refractivity contribution >= 4 is 15.8 Å². The average Bonchev–Trinajstić information content (AvgIpc) is 2.19. The summed E-state index contributed by atoms with van der Waals surface area (Å²) in [4.78, 5) is 0. The molecule has 3 heteroatoms. The average molecular weight is 358 g/mol. The smallest absolute Gasteiger partial charge is 0.000971 e. The standard InChI is InChI=1S/C20H41NP2/c1-17(2,3)22(18(4,5)6)15-13-21-14-16-23(19(7,8)9)20(10,11)12/h13-16,21H,1-12H3/b15-13+,16-14+. The second-order valence-corrected chi connectivity index (χ2v) is 17.7. The van der Waals surface area contributed by atoms with E-state index >= 15 is 0 Å². The van der Waals surface area contributed by atoms with E-state index in [1.165, 1.54) is 0 Å². The molecule has 0 heterocycles. The molecule has 0 bridgehead atoms. The molecule has 23 heavy (non-hydrogen) atoms. The molecule has 0 atom stereocenters. The largest absolute Gasteiger partial charge is 0.368 e. The molecule has 0 spiro atoms. The molecule has 1 nitrogen and oxygen atoms in total. The Kier molecular flexibility index (Phi) is 8.06. The van der Waals surface area contributed by atoms with Gasteiger partial charge in [-0.2, -0.15) is 0 Å². The minimum absolute atomic E-state index is 0.191. The van der Waals surface area contributed by atoms with E-state index in [0.29, 0.717) is 20.6 Å². The van der Waals surface area contributed by atoms with Crippen molar-refractivity contribution in [2.45, 2.75) is 104 Å². The predicted octanol–water partition coefficient (Wildman–Crippen LogP) is 7.68. The van der Waals surface area contributed by atoms with Crippen LogP contribution in [0.2, 0.25) is 0 Å². The van der Waals surface area contributed by atoms with E-state index in [9.17, 15) is 0 Å². The van der Waals surface area contributed by atoms with Crippen LogP contribution in [-0.2, 0) is 0 Å². The van der Waals surface area contributed by atoms with Crippen molar-refractivity contribution in [1.29, 1.82) is 0 Å². The molecule has 0 saturated carbocycles. The van der Waals surface area contributed by atoms with Crippen molar-refractivity contribution in [3.05, 3.63) is 24.0 Å². The van der Waals surface area contributed by atoms with Crippen LogP contribution in [0.25, 0.3) is 0 Å². The third-order valence-corrected chi connectivity index (χ3v) is 10.2. The van der Waals surface area contributed by atoms with Gasteiger partial charge in [-0.3, -0.25) is 0 Å². The van der Waals surface area contributed by atoms with E-state index in [1.807, 2.05) is 0 Å². The summed E-state index contributed by atoms with van der Waals surface area (Å²) in [5.74, 6) is 4.80. The van der Waals surface area contributed by atoms with Gasteiger partial charge >= 0.3 is 0 Å². The normalized spacial score (nSPS) is 15.4. The van der Waals surface area contributed by atoms with E-state index < -0.39 is 0 Å². The summed E-state index contributed by atoms with van der Waals surface area (Å²) in [6.07, 6.45) is 4.30. The number of rotatable bonds is 4. The second-order valence-electron chi connectivity index (χ2n) is 10.2. The Hall–Kier alpha value is 0.140. The highest BCUT2D eigenvalue weighted by Gasteiger charge is 2.33. The van der Waals surface area contributed by atoms with Gasteiger partial charge in [0.2, 0.25) is 0 Å². The van der Waals surface area contributed by atoms with Crippen molar-refractivity contribution < 1.29 is 0 Å². The molecular formula is C20H41NP2. The molecule has 0 aliphatic heterocycles. The Bertz CT molecular complexity index is 341. The fourth-order valence-corrected chi connectivity index (χ4v) is 9.48. The van der Waals surface area contributed by atoms with Crippen LogP contribution in [0.4, 0.5) is 0 Å². The highest BCUT2D eigenvalue weighted by Crippen LogP contribution is 2.61. The summed E-state index contributed by atoms with van der Waals surface area (Å²) in [5.41, 5.74) is 0. The second kappa shape index (κ2) is 8.01. The van der Waals surface area contributed by atoms with Crippen LogP contribution in [0, 0.1) is 0 Å². The number of hydrogen-bond acceptors (Lipinski definition) is 1. The highest BCUT2D eigenvalue weighted by molar-refractivity contribution is 7.64. The topological polar surface area (TPSA) is 12.0 Å². The Balaban J connectivity index is 4.98. The zero-order chi connectivity index (χ0) is 18.7. The van der Waals surface area contributed by atoms with Crippen LogP contribution in [0.5, 0.6) is 0 Å². The van der Waals surface area contributed by atoms with Crippen molar-refractivity contribution in [3.63, 3.8) is 0 Å². The molecule has 1 N–H and O–H groups in total. The maximum Gasteiger partial charge on any atom is 0.000971 e.